The first-order valence-electron chi connectivity index (χ1n) is 10.6. The van der Waals surface area contributed by atoms with Crippen molar-refractivity contribution in [3.8, 4) is 5.75 Å². The van der Waals surface area contributed by atoms with E-state index in [1.165, 1.54) is 6.92 Å². The zero-order valence-corrected chi connectivity index (χ0v) is 18.0. The van der Waals surface area contributed by atoms with Crippen LogP contribution in [0.1, 0.15) is 36.1 Å². The van der Waals surface area contributed by atoms with Gasteiger partial charge in [0.15, 0.2) is 0 Å². The number of hydrogen-bond donors (Lipinski definition) is 4. The second-order valence-corrected chi connectivity index (χ2v) is 8.46. The molecule has 0 saturated carbocycles. The van der Waals surface area contributed by atoms with Crippen LogP contribution in [-0.2, 0) is 21.7 Å². The second kappa shape index (κ2) is 8.16. The van der Waals surface area contributed by atoms with Gasteiger partial charge in [-0.1, -0.05) is 24.3 Å². The Kier molecular flexibility index (Phi) is 5.85. The van der Waals surface area contributed by atoms with Gasteiger partial charge in [0, 0.05) is 5.56 Å². The van der Waals surface area contributed by atoms with Crippen molar-refractivity contribution < 1.29 is 34.6 Å². The van der Waals surface area contributed by atoms with Gasteiger partial charge in [-0.3, -0.25) is 0 Å². The van der Waals surface area contributed by atoms with Crippen molar-refractivity contribution in [2.24, 2.45) is 0 Å². The number of aliphatic hydroxyl groups is 4. The summed E-state index contributed by atoms with van der Waals surface area (Å²) in [7, 11) is 0. The van der Waals surface area contributed by atoms with Crippen LogP contribution >= 0.6 is 0 Å². The van der Waals surface area contributed by atoms with Gasteiger partial charge in [-0.25, -0.2) is 0 Å². The molecule has 2 aliphatic heterocycles. The van der Waals surface area contributed by atoms with E-state index >= 15 is 0 Å². The summed E-state index contributed by atoms with van der Waals surface area (Å²) in [4.78, 5) is 0. The molecule has 1 unspecified atom stereocenters. The van der Waals surface area contributed by atoms with Gasteiger partial charge in [0.1, 0.15) is 29.7 Å². The molecule has 6 atom stereocenters. The van der Waals surface area contributed by atoms with Crippen LogP contribution in [0.3, 0.4) is 0 Å². The van der Waals surface area contributed by atoms with E-state index in [1.807, 2.05) is 50.2 Å². The normalized spacial score (nSPS) is 33.3. The molecule has 2 aromatic carbocycles. The monoisotopic (exact) mass is 430 g/mol. The summed E-state index contributed by atoms with van der Waals surface area (Å²) in [5.41, 5.74) is 2.16. The lowest BCUT2D eigenvalue weighted by Gasteiger charge is -2.47. The minimum absolute atomic E-state index is 0.151. The van der Waals surface area contributed by atoms with Gasteiger partial charge in [0.25, 0.3) is 0 Å². The molecule has 2 aliphatic rings. The molecule has 2 saturated heterocycles. The summed E-state index contributed by atoms with van der Waals surface area (Å²) in [6.45, 7) is 5.87. The van der Waals surface area contributed by atoms with E-state index in [0.29, 0.717) is 18.6 Å². The standard InChI is InChI=1S/C24H30O7/c1-4-29-19-9-6-16(7-10-19)11-17-12-18(8-5-14(17)2)24-22(28)20(26)21(27)23(31-24,13-30-24)15(3)25/h5-10,12,15,20-22,25-28H,4,11,13H2,1-3H3/t15?,20-,21-,22+,23+,24-/m0/s1. The van der Waals surface area contributed by atoms with Gasteiger partial charge in [0.2, 0.25) is 5.79 Å². The Bertz CT molecular complexity index is 928. The highest BCUT2D eigenvalue weighted by Crippen LogP contribution is 2.51. The molecule has 2 fully saturated rings. The van der Waals surface area contributed by atoms with E-state index in [4.69, 9.17) is 14.2 Å². The van der Waals surface area contributed by atoms with Crippen LogP contribution in [0.2, 0.25) is 0 Å². The van der Waals surface area contributed by atoms with Gasteiger partial charge in [-0.2, -0.15) is 0 Å². The van der Waals surface area contributed by atoms with Crippen molar-refractivity contribution in [1.82, 2.24) is 0 Å². The molecule has 0 amide bonds. The molecular weight excluding hydrogens is 400 g/mol. The fraction of sp³-hybridized carbons (Fsp3) is 0.500. The van der Waals surface area contributed by atoms with Crippen LogP contribution in [0.15, 0.2) is 42.5 Å². The maximum atomic E-state index is 10.8. The number of rotatable bonds is 6. The first-order valence-corrected chi connectivity index (χ1v) is 10.6. The number of aryl methyl sites for hydroxylation is 1. The molecule has 0 radical (unpaired) electrons. The molecule has 31 heavy (non-hydrogen) atoms. The van der Waals surface area contributed by atoms with E-state index in [9.17, 15) is 20.4 Å². The lowest BCUT2D eigenvalue weighted by molar-refractivity contribution is -0.336. The number of hydrogen-bond acceptors (Lipinski definition) is 7. The zero-order valence-electron chi connectivity index (χ0n) is 18.0. The van der Waals surface area contributed by atoms with E-state index in [1.54, 1.807) is 6.07 Å². The Hall–Kier alpha value is -2.00. The van der Waals surface area contributed by atoms with Gasteiger partial charge in [-0.05, 0) is 62.1 Å². The van der Waals surface area contributed by atoms with E-state index < -0.39 is 35.8 Å². The van der Waals surface area contributed by atoms with E-state index in [2.05, 4.69) is 0 Å². The number of fused-ring (bicyclic) bond motifs is 2. The molecule has 4 rings (SSSR count). The molecule has 0 aliphatic carbocycles. The number of benzene rings is 2. The average molecular weight is 430 g/mol. The quantitative estimate of drug-likeness (QED) is 0.549. The molecule has 2 bridgehead atoms. The Morgan fingerprint density at radius 3 is 2.45 bits per heavy atom. The average Bonchev–Trinajstić information content (AvgIpc) is 3.15. The van der Waals surface area contributed by atoms with Crippen LogP contribution in [-0.4, -0.2) is 63.7 Å². The number of aliphatic hydroxyl groups excluding tert-OH is 4. The molecule has 4 N–H and O–H groups in total. The number of ether oxygens (including phenoxy) is 3. The summed E-state index contributed by atoms with van der Waals surface area (Å²) in [6.07, 6.45) is -4.99. The SMILES string of the molecule is CCOc1ccc(Cc2cc([C@]34OC[C@](C(C)O)(O3)[C@@H](O)[C@H](O)[C@H]4O)ccc2C)cc1. The Morgan fingerprint density at radius 1 is 1.10 bits per heavy atom. The fourth-order valence-corrected chi connectivity index (χ4v) is 4.47. The summed E-state index contributed by atoms with van der Waals surface area (Å²) in [5.74, 6) is -0.854. The summed E-state index contributed by atoms with van der Waals surface area (Å²) in [5, 5.41) is 42.1. The maximum absolute atomic E-state index is 10.8. The molecule has 168 valence electrons. The molecule has 7 nitrogen and oxygen atoms in total. The van der Waals surface area contributed by atoms with Crippen molar-refractivity contribution in [3.05, 3.63) is 64.7 Å². The predicted molar refractivity (Wildman–Crippen MR) is 113 cm³/mol. The highest BCUT2D eigenvalue weighted by Gasteiger charge is 2.68. The van der Waals surface area contributed by atoms with Crippen molar-refractivity contribution in [3.63, 3.8) is 0 Å². The van der Waals surface area contributed by atoms with Crippen molar-refractivity contribution in [2.75, 3.05) is 13.2 Å². The molecule has 0 spiro atoms. The molecular formula is C24H30O7. The molecule has 2 heterocycles. The fourth-order valence-electron chi connectivity index (χ4n) is 4.47. The minimum Gasteiger partial charge on any atom is -0.494 e. The van der Waals surface area contributed by atoms with Gasteiger partial charge in [-0.15, -0.1) is 0 Å². The highest BCUT2D eigenvalue weighted by atomic mass is 16.8. The topological polar surface area (TPSA) is 109 Å². The Balaban J connectivity index is 1.67. The zero-order chi connectivity index (χ0) is 22.4. The third-order valence-corrected chi connectivity index (χ3v) is 6.48. The highest BCUT2D eigenvalue weighted by molar-refractivity contribution is 5.40. The van der Waals surface area contributed by atoms with E-state index in [-0.39, 0.29) is 6.61 Å². The lowest BCUT2D eigenvalue weighted by Crippen LogP contribution is -2.67. The van der Waals surface area contributed by atoms with Gasteiger partial charge >= 0.3 is 0 Å². The first kappa shape index (κ1) is 22.2. The van der Waals surface area contributed by atoms with Gasteiger partial charge in [0.05, 0.1) is 19.3 Å². The van der Waals surface area contributed by atoms with Crippen LogP contribution < -0.4 is 4.74 Å². The molecule has 0 aromatic heterocycles. The Morgan fingerprint density at radius 2 is 1.81 bits per heavy atom. The smallest absolute Gasteiger partial charge is 0.225 e. The van der Waals surface area contributed by atoms with Crippen LogP contribution in [0.4, 0.5) is 0 Å². The lowest BCUT2D eigenvalue weighted by atomic mass is 9.80. The third-order valence-electron chi connectivity index (χ3n) is 6.48. The van der Waals surface area contributed by atoms with E-state index in [0.717, 1.165) is 22.4 Å². The van der Waals surface area contributed by atoms with Crippen LogP contribution in [0.5, 0.6) is 5.75 Å². The maximum Gasteiger partial charge on any atom is 0.225 e. The summed E-state index contributed by atoms with van der Waals surface area (Å²) in [6, 6.07) is 13.4. The van der Waals surface area contributed by atoms with Crippen LogP contribution in [0.25, 0.3) is 0 Å². The second-order valence-electron chi connectivity index (χ2n) is 8.46. The summed E-state index contributed by atoms with van der Waals surface area (Å²) < 4.78 is 17.4. The first-order chi connectivity index (χ1) is 14.7. The molecule has 2 aromatic rings. The van der Waals surface area contributed by atoms with Crippen molar-refractivity contribution in [1.29, 1.82) is 0 Å². The van der Waals surface area contributed by atoms with Crippen molar-refractivity contribution in [2.45, 2.75) is 63.0 Å². The predicted octanol–water partition coefficient (Wildman–Crippen LogP) is 1.40. The largest absolute Gasteiger partial charge is 0.494 e. The Labute approximate surface area is 181 Å². The van der Waals surface area contributed by atoms with Crippen molar-refractivity contribution >= 4 is 0 Å². The van der Waals surface area contributed by atoms with Crippen LogP contribution in [0, 0.1) is 6.92 Å². The molecule has 7 heteroatoms. The minimum atomic E-state index is -1.67. The third kappa shape index (κ3) is 3.55. The van der Waals surface area contributed by atoms with Gasteiger partial charge < -0.3 is 34.6 Å². The summed E-state index contributed by atoms with van der Waals surface area (Å²) >= 11 is 0.